The Morgan fingerprint density at radius 1 is 1.53 bits per heavy atom. The minimum absolute atomic E-state index is 0.0331. The average molecular weight is 280 g/mol. The first-order valence-corrected chi connectivity index (χ1v) is 7.41. The summed E-state index contributed by atoms with van der Waals surface area (Å²) in [6.07, 6.45) is 2.83. The van der Waals surface area contributed by atoms with Crippen molar-refractivity contribution in [3.05, 3.63) is 34.2 Å². The van der Waals surface area contributed by atoms with E-state index in [-0.39, 0.29) is 17.3 Å². The summed E-state index contributed by atoms with van der Waals surface area (Å²) in [6.45, 7) is 1.93. The van der Waals surface area contributed by atoms with Gasteiger partial charge in [-0.3, -0.25) is 4.57 Å². The molecule has 0 bridgehead atoms. The maximum Gasteiger partial charge on any atom is 0.337 e. The monoisotopic (exact) mass is 280 g/mol. The Morgan fingerprint density at radius 2 is 2.26 bits per heavy atom. The van der Waals surface area contributed by atoms with Crippen LogP contribution in [-0.4, -0.2) is 32.6 Å². The van der Waals surface area contributed by atoms with E-state index in [4.69, 9.17) is 0 Å². The van der Waals surface area contributed by atoms with Crippen LogP contribution in [0.2, 0.25) is 0 Å². The van der Waals surface area contributed by atoms with E-state index in [0.717, 1.165) is 12.2 Å². The number of aromatic amines is 1. The van der Waals surface area contributed by atoms with Crippen molar-refractivity contribution < 1.29 is 9.90 Å². The third-order valence-electron chi connectivity index (χ3n) is 3.15. The maximum atomic E-state index is 12.0. The molecule has 2 N–H and O–H groups in total. The number of para-hydroxylation sites is 1. The molecule has 19 heavy (non-hydrogen) atoms. The number of aromatic nitrogens is 2. The van der Waals surface area contributed by atoms with Crippen LogP contribution in [0.4, 0.5) is 0 Å². The number of imidazole rings is 1. The minimum Gasteiger partial charge on any atom is -0.478 e. The van der Waals surface area contributed by atoms with Crippen molar-refractivity contribution in [3.63, 3.8) is 0 Å². The smallest absolute Gasteiger partial charge is 0.337 e. The molecule has 0 saturated carbocycles. The molecular weight excluding hydrogens is 264 g/mol. The van der Waals surface area contributed by atoms with Crippen LogP contribution in [0.3, 0.4) is 0 Å². The number of fused-ring (bicyclic) bond motifs is 1. The Kier molecular flexibility index (Phi) is 3.99. The van der Waals surface area contributed by atoms with Crippen molar-refractivity contribution in [2.24, 2.45) is 0 Å². The molecule has 0 radical (unpaired) electrons. The number of rotatable bonds is 5. The van der Waals surface area contributed by atoms with Gasteiger partial charge in [-0.2, -0.15) is 11.8 Å². The van der Waals surface area contributed by atoms with E-state index in [1.54, 1.807) is 28.5 Å². The Labute approximate surface area is 114 Å². The summed E-state index contributed by atoms with van der Waals surface area (Å²) in [6, 6.07) is 4.85. The minimum atomic E-state index is -1.02. The van der Waals surface area contributed by atoms with Crippen molar-refractivity contribution in [2.45, 2.75) is 19.4 Å². The first kappa shape index (κ1) is 13.7. The molecule has 1 atom stereocenters. The van der Waals surface area contributed by atoms with Crippen LogP contribution in [0, 0.1) is 0 Å². The lowest BCUT2D eigenvalue weighted by Crippen LogP contribution is -2.21. The number of nitrogens with one attached hydrogen (secondary N) is 1. The van der Waals surface area contributed by atoms with Crippen molar-refractivity contribution in [2.75, 3.05) is 12.0 Å². The number of hydrogen-bond donors (Lipinski definition) is 2. The molecule has 1 aromatic carbocycles. The lowest BCUT2D eigenvalue weighted by Gasteiger charge is -2.13. The van der Waals surface area contributed by atoms with Gasteiger partial charge in [0, 0.05) is 6.04 Å². The summed E-state index contributed by atoms with van der Waals surface area (Å²) in [7, 11) is 0. The number of H-pyrrole nitrogens is 1. The highest BCUT2D eigenvalue weighted by atomic mass is 32.2. The van der Waals surface area contributed by atoms with Crippen LogP contribution in [0.15, 0.2) is 23.0 Å². The molecule has 2 rings (SSSR count). The number of aromatic carboxylic acids is 1. The first-order chi connectivity index (χ1) is 9.06. The quantitative estimate of drug-likeness (QED) is 0.881. The topological polar surface area (TPSA) is 75.1 Å². The highest BCUT2D eigenvalue weighted by Gasteiger charge is 2.18. The molecule has 0 aliphatic rings. The summed E-state index contributed by atoms with van der Waals surface area (Å²) < 4.78 is 1.55. The molecule has 5 nitrogen and oxygen atoms in total. The van der Waals surface area contributed by atoms with Crippen molar-refractivity contribution in [3.8, 4) is 0 Å². The van der Waals surface area contributed by atoms with E-state index in [1.165, 1.54) is 6.07 Å². The molecule has 2 aromatic rings. The molecule has 6 heteroatoms. The number of hydrogen-bond acceptors (Lipinski definition) is 3. The fourth-order valence-electron chi connectivity index (χ4n) is 2.19. The largest absolute Gasteiger partial charge is 0.478 e. The summed E-state index contributed by atoms with van der Waals surface area (Å²) in [4.78, 5) is 26.0. The van der Waals surface area contributed by atoms with Gasteiger partial charge in [0.25, 0.3) is 0 Å². The van der Waals surface area contributed by atoms with Crippen molar-refractivity contribution in [1.29, 1.82) is 0 Å². The van der Waals surface area contributed by atoms with Gasteiger partial charge < -0.3 is 10.1 Å². The lowest BCUT2D eigenvalue weighted by molar-refractivity contribution is 0.0698. The van der Waals surface area contributed by atoms with E-state index >= 15 is 0 Å². The normalized spacial score (nSPS) is 12.7. The van der Waals surface area contributed by atoms with Crippen LogP contribution >= 0.6 is 11.8 Å². The van der Waals surface area contributed by atoms with Gasteiger partial charge in [-0.15, -0.1) is 0 Å². The Bertz CT molecular complexity index is 659. The standard InChI is InChI=1S/C13H16N2O3S/c1-8(6-7-19-2)15-11-9(12(16)17)4-3-5-10(11)14-13(15)18/h3-5,8H,6-7H2,1-2H3,(H,14,18)(H,16,17). The van der Waals surface area contributed by atoms with Gasteiger partial charge in [-0.05, 0) is 37.5 Å². The van der Waals surface area contributed by atoms with Gasteiger partial charge in [0.1, 0.15) is 0 Å². The molecule has 1 aromatic heterocycles. The number of benzene rings is 1. The third-order valence-corrected chi connectivity index (χ3v) is 3.79. The zero-order valence-electron chi connectivity index (χ0n) is 10.8. The predicted molar refractivity (Wildman–Crippen MR) is 77.2 cm³/mol. The highest BCUT2D eigenvalue weighted by molar-refractivity contribution is 7.98. The van der Waals surface area contributed by atoms with Crippen LogP contribution in [-0.2, 0) is 0 Å². The molecular formula is C13H16N2O3S. The second kappa shape index (κ2) is 5.52. The number of nitrogens with zero attached hydrogens (tertiary/aromatic N) is 1. The van der Waals surface area contributed by atoms with Crippen molar-refractivity contribution in [1.82, 2.24) is 9.55 Å². The summed E-state index contributed by atoms with van der Waals surface area (Å²) in [5.41, 5.74) is 0.957. The van der Waals surface area contributed by atoms with E-state index < -0.39 is 5.97 Å². The molecule has 0 spiro atoms. The van der Waals surface area contributed by atoms with E-state index in [1.807, 2.05) is 13.2 Å². The highest BCUT2D eigenvalue weighted by Crippen LogP contribution is 2.21. The molecule has 0 aliphatic carbocycles. The molecule has 0 fully saturated rings. The van der Waals surface area contributed by atoms with Crippen LogP contribution < -0.4 is 5.69 Å². The average Bonchev–Trinajstić information content (AvgIpc) is 2.71. The lowest BCUT2D eigenvalue weighted by atomic mass is 10.1. The van der Waals surface area contributed by atoms with Crippen LogP contribution in [0.1, 0.15) is 29.7 Å². The fraction of sp³-hybridized carbons (Fsp3) is 0.385. The molecule has 0 aliphatic heterocycles. The first-order valence-electron chi connectivity index (χ1n) is 6.01. The van der Waals surface area contributed by atoms with E-state index in [2.05, 4.69) is 4.98 Å². The van der Waals surface area contributed by atoms with Gasteiger partial charge in [-0.25, -0.2) is 9.59 Å². The number of carboxylic acids is 1. The SMILES string of the molecule is CSCCC(C)n1c(=O)[nH]c2cccc(C(=O)O)c21. The summed E-state index contributed by atoms with van der Waals surface area (Å²) in [5.74, 6) is -0.0920. The van der Waals surface area contributed by atoms with Gasteiger partial charge in [0.05, 0.1) is 16.6 Å². The van der Waals surface area contributed by atoms with Crippen molar-refractivity contribution >= 4 is 28.8 Å². The Balaban J connectivity index is 2.62. The predicted octanol–water partition coefficient (Wildman–Crippen LogP) is 2.34. The van der Waals surface area contributed by atoms with Crippen LogP contribution in [0.25, 0.3) is 11.0 Å². The van der Waals surface area contributed by atoms with Gasteiger partial charge in [0.15, 0.2) is 0 Å². The molecule has 1 unspecified atom stereocenters. The second-order valence-electron chi connectivity index (χ2n) is 4.44. The summed E-state index contributed by atoms with van der Waals surface area (Å²) >= 11 is 1.71. The van der Waals surface area contributed by atoms with Gasteiger partial charge in [-0.1, -0.05) is 6.07 Å². The maximum absolute atomic E-state index is 12.0. The summed E-state index contributed by atoms with van der Waals surface area (Å²) in [5, 5.41) is 9.24. The zero-order valence-corrected chi connectivity index (χ0v) is 11.7. The van der Waals surface area contributed by atoms with Crippen LogP contribution in [0.5, 0.6) is 0 Å². The number of carboxylic acid groups (broad SMARTS) is 1. The Morgan fingerprint density at radius 3 is 2.89 bits per heavy atom. The number of carbonyl (C=O) groups is 1. The molecule has 102 valence electrons. The van der Waals surface area contributed by atoms with Gasteiger partial charge in [0.2, 0.25) is 0 Å². The number of thioether (sulfide) groups is 1. The fourth-order valence-corrected chi connectivity index (χ4v) is 2.77. The second-order valence-corrected chi connectivity index (χ2v) is 5.42. The van der Waals surface area contributed by atoms with Gasteiger partial charge >= 0.3 is 11.7 Å². The Hall–Kier alpha value is -1.69. The molecule has 1 heterocycles. The third kappa shape index (κ3) is 2.53. The molecule has 0 amide bonds. The molecule has 0 saturated heterocycles. The zero-order chi connectivity index (χ0) is 14.0. The van der Waals surface area contributed by atoms with E-state index in [9.17, 15) is 14.7 Å². The van der Waals surface area contributed by atoms with E-state index in [0.29, 0.717) is 11.0 Å².